The van der Waals surface area contributed by atoms with E-state index in [1.165, 1.54) is 31.2 Å². The number of benzene rings is 1. The van der Waals surface area contributed by atoms with Gasteiger partial charge in [-0.3, -0.25) is 4.90 Å². The summed E-state index contributed by atoms with van der Waals surface area (Å²) < 4.78 is 0. The molecule has 24 heavy (non-hydrogen) atoms. The summed E-state index contributed by atoms with van der Waals surface area (Å²) in [5.74, 6) is 0. The van der Waals surface area contributed by atoms with E-state index in [0.717, 1.165) is 51.7 Å². The van der Waals surface area contributed by atoms with Gasteiger partial charge >= 0.3 is 0 Å². The average Bonchev–Trinajstić information content (AvgIpc) is 2.60. The molecule has 2 nitrogen and oxygen atoms in total. The molecular weight excluding hydrogens is 294 g/mol. The molecule has 1 rings (SSSR count). The molecule has 2 heteroatoms. The largest absolute Gasteiger partial charge is 0.390 e. The lowest BCUT2D eigenvalue weighted by Gasteiger charge is -2.31. The molecule has 0 aliphatic carbocycles. The molecule has 0 heterocycles. The molecule has 0 fully saturated rings. The monoisotopic (exact) mass is 333 g/mol. The van der Waals surface area contributed by atoms with Crippen LogP contribution in [0.3, 0.4) is 0 Å². The van der Waals surface area contributed by atoms with Crippen LogP contribution in [0.25, 0.3) is 0 Å². The van der Waals surface area contributed by atoms with Gasteiger partial charge in [0.05, 0.1) is 5.60 Å². The molecule has 0 aliphatic heterocycles. The predicted molar refractivity (Wildman–Crippen MR) is 105 cm³/mol. The standard InChI is InChI=1S/C22H39NO/c1-4-7-12-16-22(24,17-13-8-5-2)18-19-23(6-3)20-21-14-10-9-11-15-21/h9-11,14-15,24H,4-8,12-13,16-20H2,1-3H3. The lowest BCUT2D eigenvalue weighted by atomic mass is 9.87. The van der Waals surface area contributed by atoms with Crippen LogP contribution in [0.4, 0.5) is 0 Å². The second-order valence-corrected chi connectivity index (χ2v) is 7.24. The van der Waals surface area contributed by atoms with E-state index in [4.69, 9.17) is 0 Å². The third-order valence-electron chi connectivity index (χ3n) is 5.08. The second-order valence-electron chi connectivity index (χ2n) is 7.24. The van der Waals surface area contributed by atoms with Gasteiger partial charge in [0.2, 0.25) is 0 Å². The molecule has 1 N–H and O–H groups in total. The lowest BCUT2D eigenvalue weighted by Crippen LogP contribution is -2.35. The van der Waals surface area contributed by atoms with Gasteiger partial charge in [-0.15, -0.1) is 0 Å². The minimum absolute atomic E-state index is 0.464. The van der Waals surface area contributed by atoms with Crippen LogP contribution in [0.15, 0.2) is 30.3 Å². The van der Waals surface area contributed by atoms with E-state index in [2.05, 4.69) is 56.0 Å². The van der Waals surface area contributed by atoms with Gasteiger partial charge in [0.25, 0.3) is 0 Å². The van der Waals surface area contributed by atoms with Crippen LogP contribution in [-0.2, 0) is 6.54 Å². The number of nitrogens with zero attached hydrogens (tertiary/aromatic N) is 1. The molecule has 1 aromatic rings. The summed E-state index contributed by atoms with van der Waals surface area (Å²) in [6.45, 7) is 9.69. The van der Waals surface area contributed by atoms with Crippen molar-refractivity contribution in [1.82, 2.24) is 4.90 Å². The molecule has 1 aromatic carbocycles. The summed E-state index contributed by atoms with van der Waals surface area (Å²) >= 11 is 0. The lowest BCUT2D eigenvalue weighted by molar-refractivity contribution is 0.000683. The van der Waals surface area contributed by atoms with Gasteiger partial charge in [-0.05, 0) is 31.4 Å². The van der Waals surface area contributed by atoms with E-state index < -0.39 is 5.60 Å². The fourth-order valence-electron chi connectivity index (χ4n) is 3.34. The highest BCUT2D eigenvalue weighted by Gasteiger charge is 2.26. The molecule has 0 atom stereocenters. The van der Waals surface area contributed by atoms with Gasteiger partial charge in [0.1, 0.15) is 0 Å². The van der Waals surface area contributed by atoms with Crippen molar-refractivity contribution in [3.63, 3.8) is 0 Å². The van der Waals surface area contributed by atoms with Crippen LogP contribution in [0.1, 0.15) is 84.1 Å². The van der Waals surface area contributed by atoms with Crippen molar-refractivity contribution in [3.8, 4) is 0 Å². The molecule has 0 aliphatic rings. The van der Waals surface area contributed by atoms with Gasteiger partial charge in [0, 0.05) is 13.1 Å². The fourth-order valence-corrected chi connectivity index (χ4v) is 3.34. The molecule has 0 amide bonds. The average molecular weight is 334 g/mol. The Kier molecular flexibility index (Phi) is 11.0. The molecule has 0 unspecified atom stereocenters. The molecular formula is C22H39NO. The summed E-state index contributed by atoms with van der Waals surface area (Å²) in [6, 6.07) is 10.7. The molecule has 0 bridgehead atoms. The smallest absolute Gasteiger partial charge is 0.0660 e. The summed E-state index contributed by atoms with van der Waals surface area (Å²) in [5, 5.41) is 11.1. The third-order valence-corrected chi connectivity index (χ3v) is 5.08. The third kappa shape index (κ3) is 8.84. The Morgan fingerprint density at radius 3 is 1.92 bits per heavy atom. The molecule has 0 radical (unpaired) electrons. The Bertz CT molecular complexity index is 394. The van der Waals surface area contributed by atoms with Gasteiger partial charge in [0.15, 0.2) is 0 Å². The maximum atomic E-state index is 11.1. The van der Waals surface area contributed by atoms with E-state index >= 15 is 0 Å². The quantitative estimate of drug-likeness (QED) is 0.436. The van der Waals surface area contributed by atoms with Crippen LogP contribution in [0.5, 0.6) is 0 Å². The maximum Gasteiger partial charge on any atom is 0.0660 e. The van der Waals surface area contributed by atoms with Crippen molar-refractivity contribution in [2.24, 2.45) is 0 Å². The highest BCUT2D eigenvalue weighted by molar-refractivity contribution is 5.14. The molecule has 0 spiro atoms. The van der Waals surface area contributed by atoms with Crippen LogP contribution < -0.4 is 0 Å². The minimum atomic E-state index is -0.464. The Labute approximate surface area is 150 Å². The summed E-state index contributed by atoms with van der Waals surface area (Å²) in [6.07, 6.45) is 10.1. The number of hydrogen-bond donors (Lipinski definition) is 1. The van der Waals surface area contributed by atoms with Crippen molar-refractivity contribution < 1.29 is 5.11 Å². The van der Waals surface area contributed by atoms with E-state index in [1.54, 1.807) is 0 Å². The van der Waals surface area contributed by atoms with Crippen molar-refractivity contribution in [3.05, 3.63) is 35.9 Å². The normalized spacial score (nSPS) is 12.0. The number of rotatable bonds is 14. The van der Waals surface area contributed by atoms with Crippen LogP contribution in [0.2, 0.25) is 0 Å². The highest BCUT2D eigenvalue weighted by atomic mass is 16.3. The number of unbranched alkanes of at least 4 members (excludes halogenated alkanes) is 4. The zero-order chi connectivity index (χ0) is 17.7. The molecule has 0 aromatic heterocycles. The molecule has 0 saturated heterocycles. The Morgan fingerprint density at radius 1 is 0.833 bits per heavy atom. The summed E-state index contributed by atoms with van der Waals surface area (Å²) in [4.78, 5) is 2.46. The van der Waals surface area contributed by atoms with Crippen molar-refractivity contribution in [2.75, 3.05) is 13.1 Å². The van der Waals surface area contributed by atoms with Gasteiger partial charge in [-0.1, -0.05) is 89.6 Å². The highest BCUT2D eigenvalue weighted by Crippen LogP contribution is 2.26. The Hall–Kier alpha value is -0.860. The van der Waals surface area contributed by atoms with Gasteiger partial charge in [-0.25, -0.2) is 0 Å². The van der Waals surface area contributed by atoms with Crippen molar-refractivity contribution in [1.29, 1.82) is 0 Å². The van der Waals surface area contributed by atoms with Crippen molar-refractivity contribution >= 4 is 0 Å². The van der Waals surface area contributed by atoms with E-state index in [0.29, 0.717) is 0 Å². The number of hydrogen-bond acceptors (Lipinski definition) is 2. The van der Waals surface area contributed by atoms with E-state index in [9.17, 15) is 5.11 Å². The van der Waals surface area contributed by atoms with Gasteiger partial charge < -0.3 is 5.11 Å². The topological polar surface area (TPSA) is 23.5 Å². The first-order valence-corrected chi connectivity index (χ1v) is 10.1. The fraction of sp³-hybridized carbons (Fsp3) is 0.727. The predicted octanol–water partition coefficient (Wildman–Crippen LogP) is 5.79. The molecule has 0 saturated carbocycles. The summed E-state index contributed by atoms with van der Waals surface area (Å²) in [5.41, 5.74) is 0.897. The first-order valence-electron chi connectivity index (χ1n) is 10.1. The first kappa shape index (κ1) is 21.2. The summed E-state index contributed by atoms with van der Waals surface area (Å²) in [7, 11) is 0. The van der Waals surface area contributed by atoms with Crippen molar-refractivity contribution in [2.45, 2.75) is 90.7 Å². The minimum Gasteiger partial charge on any atom is -0.390 e. The zero-order valence-electron chi connectivity index (χ0n) is 16.3. The Balaban J connectivity index is 2.52. The van der Waals surface area contributed by atoms with Crippen LogP contribution >= 0.6 is 0 Å². The van der Waals surface area contributed by atoms with Gasteiger partial charge in [-0.2, -0.15) is 0 Å². The first-order chi connectivity index (χ1) is 11.6. The second kappa shape index (κ2) is 12.5. The van der Waals surface area contributed by atoms with E-state index in [-0.39, 0.29) is 0 Å². The van der Waals surface area contributed by atoms with E-state index in [1.807, 2.05) is 0 Å². The maximum absolute atomic E-state index is 11.1. The SMILES string of the molecule is CCCCCC(O)(CCCCC)CCN(CC)Cc1ccccc1. The van der Waals surface area contributed by atoms with Crippen LogP contribution in [0, 0.1) is 0 Å². The Morgan fingerprint density at radius 2 is 1.42 bits per heavy atom. The molecule has 138 valence electrons. The van der Waals surface area contributed by atoms with Crippen LogP contribution in [-0.4, -0.2) is 28.7 Å². The number of aliphatic hydroxyl groups is 1. The zero-order valence-corrected chi connectivity index (χ0v) is 16.3.